The molecule has 0 radical (unpaired) electrons. The minimum Gasteiger partial charge on any atom is -0.345 e. The van der Waals surface area contributed by atoms with Crippen molar-refractivity contribution in [3.05, 3.63) is 48.0 Å². The third kappa shape index (κ3) is 2.90. The van der Waals surface area contributed by atoms with E-state index in [9.17, 15) is 15.0 Å². The van der Waals surface area contributed by atoms with E-state index in [1.807, 2.05) is 5.32 Å². The predicted molar refractivity (Wildman–Crippen MR) is 55.5 cm³/mol. The fraction of sp³-hybridized carbons (Fsp3) is 0.182. The lowest BCUT2D eigenvalue weighted by Gasteiger charge is -2.23. The number of aliphatic hydroxyl groups is 2. The second-order valence-electron chi connectivity index (χ2n) is 3.27. The molecule has 0 heterocycles. The molecule has 0 aliphatic rings. The molecule has 0 saturated heterocycles. The maximum Gasteiger partial charge on any atom is 0.275 e. The van der Waals surface area contributed by atoms with Gasteiger partial charge in [-0.15, -0.1) is 0 Å². The topological polar surface area (TPSA) is 69.6 Å². The van der Waals surface area contributed by atoms with Gasteiger partial charge in [-0.25, -0.2) is 0 Å². The third-order valence-corrected chi connectivity index (χ3v) is 1.85. The van der Waals surface area contributed by atoms with Gasteiger partial charge in [0.2, 0.25) is 0 Å². The van der Waals surface area contributed by atoms with Crippen molar-refractivity contribution in [1.29, 1.82) is 0 Å². The molecule has 0 aliphatic carbocycles. The predicted octanol–water partition coefficient (Wildman–Crippen LogP) is 0.474. The van der Waals surface area contributed by atoms with E-state index >= 15 is 0 Å². The summed E-state index contributed by atoms with van der Waals surface area (Å²) in [5, 5.41) is 21.2. The second-order valence-corrected chi connectivity index (χ2v) is 3.27. The van der Waals surface area contributed by atoms with Gasteiger partial charge in [-0.2, -0.15) is 0 Å². The highest BCUT2D eigenvalue weighted by Crippen LogP contribution is 2.14. The van der Waals surface area contributed by atoms with Crippen LogP contribution in [-0.2, 0) is 10.7 Å². The van der Waals surface area contributed by atoms with Gasteiger partial charge in [-0.3, -0.25) is 10.1 Å². The number of carbonyl (C=O) groups excluding carboxylic acids is 1. The minimum atomic E-state index is -2.36. The summed E-state index contributed by atoms with van der Waals surface area (Å²) < 4.78 is 0. The van der Waals surface area contributed by atoms with Crippen LogP contribution in [-0.4, -0.2) is 16.1 Å². The molecule has 1 aromatic rings. The maximum atomic E-state index is 11.2. The molecule has 0 aromatic heterocycles. The zero-order chi connectivity index (χ0) is 11.5. The largest absolute Gasteiger partial charge is 0.345 e. The maximum absolute atomic E-state index is 11.2. The van der Waals surface area contributed by atoms with Crippen LogP contribution in [0.4, 0.5) is 0 Å². The number of benzene rings is 1. The van der Waals surface area contributed by atoms with E-state index in [1.165, 1.54) is 19.1 Å². The Labute approximate surface area is 87.9 Å². The Morgan fingerprint density at radius 1 is 1.33 bits per heavy atom. The number of carbonyl (C=O) groups is 1. The lowest BCUT2D eigenvalue weighted by atomic mass is 10.1. The van der Waals surface area contributed by atoms with Crippen molar-refractivity contribution >= 4 is 5.91 Å². The SMILES string of the molecule is C=C(C)C(=O)NC(O)(O)c1ccccc1. The Morgan fingerprint density at radius 2 is 1.87 bits per heavy atom. The monoisotopic (exact) mass is 207 g/mol. The van der Waals surface area contributed by atoms with Crippen molar-refractivity contribution in [2.45, 2.75) is 12.8 Å². The first-order valence-electron chi connectivity index (χ1n) is 4.42. The quantitative estimate of drug-likeness (QED) is 0.498. The van der Waals surface area contributed by atoms with E-state index in [0.29, 0.717) is 0 Å². The van der Waals surface area contributed by atoms with E-state index in [2.05, 4.69) is 6.58 Å². The Balaban J connectivity index is 2.85. The van der Waals surface area contributed by atoms with Crippen molar-refractivity contribution in [1.82, 2.24) is 5.32 Å². The molecule has 1 rings (SSSR count). The summed E-state index contributed by atoms with van der Waals surface area (Å²) in [7, 11) is 0. The van der Waals surface area contributed by atoms with Crippen molar-refractivity contribution in [3.63, 3.8) is 0 Å². The smallest absolute Gasteiger partial charge is 0.275 e. The molecule has 0 unspecified atom stereocenters. The molecule has 1 amide bonds. The van der Waals surface area contributed by atoms with E-state index < -0.39 is 11.8 Å². The molecule has 0 fully saturated rings. The van der Waals surface area contributed by atoms with E-state index in [1.54, 1.807) is 18.2 Å². The zero-order valence-corrected chi connectivity index (χ0v) is 8.40. The van der Waals surface area contributed by atoms with Gasteiger partial charge in [0, 0.05) is 11.1 Å². The molecule has 0 saturated carbocycles. The van der Waals surface area contributed by atoms with Crippen molar-refractivity contribution in [2.75, 3.05) is 0 Å². The van der Waals surface area contributed by atoms with Gasteiger partial charge in [-0.05, 0) is 6.92 Å². The summed E-state index contributed by atoms with van der Waals surface area (Å²) in [4.78, 5) is 11.2. The summed E-state index contributed by atoms with van der Waals surface area (Å²) >= 11 is 0. The molecule has 3 N–H and O–H groups in total. The summed E-state index contributed by atoms with van der Waals surface area (Å²) in [6.07, 6.45) is 0. The summed E-state index contributed by atoms with van der Waals surface area (Å²) in [6.45, 7) is 4.88. The Hall–Kier alpha value is -1.65. The van der Waals surface area contributed by atoms with E-state index in [-0.39, 0.29) is 11.1 Å². The highest BCUT2D eigenvalue weighted by Gasteiger charge is 2.27. The van der Waals surface area contributed by atoms with Gasteiger partial charge in [0.15, 0.2) is 0 Å². The Bertz CT molecular complexity index is 371. The second kappa shape index (κ2) is 4.25. The van der Waals surface area contributed by atoms with Crippen LogP contribution in [0.3, 0.4) is 0 Å². The Kier molecular flexibility index (Phi) is 3.24. The minimum absolute atomic E-state index is 0.194. The van der Waals surface area contributed by atoms with Crippen LogP contribution in [0.5, 0.6) is 0 Å². The lowest BCUT2D eigenvalue weighted by molar-refractivity contribution is -0.196. The molecule has 0 aliphatic heterocycles. The first kappa shape index (κ1) is 11.4. The number of hydrogen-bond donors (Lipinski definition) is 3. The molecule has 0 bridgehead atoms. The fourth-order valence-corrected chi connectivity index (χ4v) is 1.01. The molecule has 4 heteroatoms. The van der Waals surface area contributed by atoms with Crippen LogP contribution in [0.2, 0.25) is 0 Å². The van der Waals surface area contributed by atoms with Crippen molar-refractivity contribution in [3.8, 4) is 0 Å². The normalized spacial score (nSPS) is 10.9. The van der Waals surface area contributed by atoms with Crippen molar-refractivity contribution < 1.29 is 15.0 Å². The van der Waals surface area contributed by atoms with E-state index in [4.69, 9.17) is 0 Å². The fourth-order valence-electron chi connectivity index (χ4n) is 1.01. The number of amides is 1. The first-order chi connectivity index (χ1) is 6.93. The Morgan fingerprint density at radius 3 is 2.33 bits per heavy atom. The van der Waals surface area contributed by atoms with Crippen LogP contribution in [0.25, 0.3) is 0 Å². The first-order valence-corrected chi connectivity index (χ1v) is 4.42. The van der Waals surface area contributed by atoms with Gasteiger partial charge < -0.3 is 10.2 Å². The van der Waals surface area contributed by atoms with Gasteiger partial charge in [-0.1, -0.05) is 36.9 Å². The molecule has 0 spiro atoms. The molecule has 4 nitrogen and oxygen atoms in total. The van der Waals surface area contributed by atoms with Gasteiger partial charge in [0.05, 0.1) is 0 Å². The third-order valence-electron chi connectivity index (χ3n) is 1.85. The summed E-state index contributed by atoms with van der Waals surface area (Å²) in [5.41, 5.74) is 0.401. The summed E-state index contributed by atoms with van der Waals surface area (Å²) in [5.74, 6) is -2.97. The summed E-state index contributed by atoms with van der Waals surface area (Å²) in [6, 6.07) is 8.02. The van der Waals surface area contributed by atoms with Crippen LogP contribution < -0.4 is 5.32 Å². The number of nitrogens with one attached hydrogen (secondary N) is 1. The van der Waals surface area contributed by atoms with Crippen LogP contribution >= 0.6 is 0 Å². The average molecular weight is 207 g/mol. The van der Waals surface area contributed by atoms with Gasteiger partial charge >= 0.3 is 0 Å². The van der Waals surface area contributed by atoms with Crippen LogP contribution in [0, 0.1) is 0 Å². The van der Waals surface area contributed by atoms with Crippen LogP contribution in [0.1, 0.15) is 12.5 Å². The standard InChI is InChI=1S/C11H13NO3/c1-8(2)10(13)12-11(14,15)9-6-4-3-5-7-9/h3-7,14-15H,1H2,2H3,(H,12,13). The van der Waals surface area contributed by atoms with Gasteiger partial charge in [0.1, 0.15) is 0 Å². The molecule has 15 heavy (non-hydrogen) atoms. The molecule has 1 aromatic carbocycles. The highest BCUT2D eigenvalue weighted by molar-refractivity contribution is 5.92. The van der Waals surface area contributed by atoms with E-state index in [0.717, 1.165) is 0 Å². The van der Waals surface area contributed by atoms with Crippen molar-refractivity contribution in [2.24, 2.45) is 0 Å². The van der Waals surface area contributed by atoms with Crippen LogP contribution in [0.15, 0.2) is 42.5 Å². The molecule has 0 atom stereocenters. The number of rotatable bonds is 3. The molecular weight excluding hydrogens is 194 g/mol. The molecule has 80 valence electrons. The highest BCUT2D eigenvalue weighted by atomic mass is 16.5. The average Bonchev–Trinajstić information content (AvgIpc) is 2.18. The molecular formula is C11H13NO3. The zero-order valence-electron chi connectivity index (χ0n) is 8.40. The van der Waals surface area contributed by atoms with Gasteiger partial charge in [0.25, 0.3) is 11.8 Å². The number of hydrogen-bond acceptors (Lipinski definition) is 3. The lowest BCUT2D eigenvalue weighted by Crippen LogP contribution is -2.45.